The van der Waals surface area contributed by atoms with Gasteiger partial charge in [-0.25, -0.2) is 18.1 Å². The fourth-order valence-corrected chi connectivity index (χ4v) is 3.54. The predicted molar refractivity (Wildman–Crippen MR) is 111 cm³/mol. The Morgan fingerprint density at radius 3 is 2.66 bits per heavy atom. The average molecular weight is 419 g/mol. The van der Waals surface area contributed by atoms with Crippen molar-refractivity contribution in [3.8, 4) is 17.0 Å². The Hall–Kier alpha value is -2.45. The third-order valence-electron chi connectivity index (χ3n) is 4.68. The minimum Gasteiger partial charge on any atom is -0.474 e. The van der Waals surface area contributed by atoms with Crippen molar-refractivity contribution in [1.82, 2.24) is 9.29 Å². The highest BCUT2D eigenvalue weighted by molar-refractivity contribution is 7.77. The highest BCUT2D eigenvalue weighted by atomic mass is 32.1. The Balaban J connectivity index is 1.80. The van der Waals surface area contributed by atoms with E-state index in [1.165, 1.54) is 28.6 Å². The van der Waals surface area contributed by atoms with Crippen molar-refractivity contribution in [3.63, 3.8) is 0 Å². The van der Waals surface area contributed by atoms with Gasteiger partial charge in [-0.3, -0.25) is 4.79 Å². The SMILES string of the molecule is NC(=O)CN(S)C/C=C/c1c(F)cc(-c2cccnc2OC2CCCC2)cc1F. The Morgan fingerprint density at radius 1 is 1.31 bits per heavy atom. The molecule has 0 spiro atoms. The molecule has 1 aliphatic carbocycles. The molecule has 8 heteroatoms. The molecule has 1 aromatic carbocycles. The van der Waals surface area contributed by atoms with Gasteiger partial charge >= 0.3 is 0 Å². The van der Waals surface area contributed by atoms with Crippen molar-refractivity contribution in [1.29, 1.82) is 0 Å². The van der Waals surface area contributed by atoms with Crippen molar-refractivity contribution in [2.45, 2.75) is 31.8 Å². The van der Waals surface area contributed by atoms with Gasteiger partial charge in [0.05, 0.1) is 6.54 Å². The predicted octanol–water partition coefficient (Wildman–Crippen LogP) is 3.99. The standard InChI is InChI=1S/C21H23F2N3O2S/c22-18-11-14(12-19(23)17(18)8-4-10-26(29)13-20(24)27)16-7-3-9-25-21(16)28-15-5-1-2-6-15/h3-4,7-9,11-12,15,29H,1-2,5-6,10,13H2,(H2,24,27)/b8-4+. The van der Waals surface area contributed by atoms with Crippen LogP contribution in [0.2, 0.25) is 0 Å². The van der Waals surface area contributed by atoms with Gasteiger partial charge in [0.15, 0.2) is 0 Å². The van der Waals surface area contributed by atoms with E-state index in [2.05, 4.69) is 17.8 Å². The molecule has 0 bridgehead atoms. The van der Waals surface area contributed by atoms with E-state index in [-0.39, 0.29) is 24.8 Å². The summed E-state index contributed by atoms with van der Waals surface area (Å²) in [6.45, 7) is 0.136. The summed E-state index contributed by atoms with van der Waals surface area (Å²) in [5.74, 6) is -1.55. The smallest absolute Gasteiger partial charge is 0.232 e. The number of aromatic nitrogens is 1. The topological polar surface area (TPSA) is 68.5 Å². The minimum absolute atomic E-state index is 0.0673. The van der Waals surface area contributed by atoms with Gasteiger partial charge in [0, 0.05) is 23.9 Å². The highest BCUT2D eigenvalue weighted by Gasteiger charge is 2.20. The summed E-state index contributed by atoms with van der Waals surface area (Å²) in [5, 5.41) is 0. The molecule has 3 rings (SSSR count). The number of carbonyl (C=O) groups excluding carboxylic acids is 1. The molecule has 1 aliphatic rings. The summed E-state index contributed by atoms with van der Waals surface area (Å²) < 4.78 is 36.5. The van der Waals surface area contributed by atoms with Gasteiger partial charge in [-0.05, 0) is 55.5 Å². The van der Waals surface area contributed by atoms with Gasteiger partial charge in [0.25, 0.3) is 0 Å². The summed E-state index contributed by atoms with van der Waals surface area (Å²) in [6.07, 6.45) is 8.66. The van der Waals surface area contributed by atoms with Crippen LogP contribution in [0.15, 0.2) is 36.5 Å². The lowest BCUT2D eigenvalue weighted by Crippen LogP contribution is -2.27. The van der Waals surface area contributed by atoms with Crippen LogP contribution in [0.5, 0.6) is 5.88 Å². The molecule has 1 aromatic heterocycles. The number of halogens is 2. The molecule has 0 atom stereocenters. The first kappa shape index (κ1) is 21.3. The first-order valence-electron chi connectivity index (χ1n) is 9.44. The second-order valence-corrected chi connectivity index (χ2v) is 7.52. The quantitative estimate of drug-likeness (QED) is 0.635. The zero-order valence-electron chi connectivity index (χ0n) is 15.9. The second kappa shape index (κ2) is 9.84. The van der Waals surface area contributed by atoms with Gasteiger partial charge in [0.1, 0.15) is 17.7 Å². The molecule has 0 saturated heterocycles. The van der Waals surface area contributed by atoms with Gasteiger partial charge in [-0.2, -0.15) is 0 Å². The highest BCUT2D eigenvalue weighted by Crippen LogP contribution is 2.33. The van der Waals surface area contributed by atoms with Crippen LogP contribution < -0.4 is 10.5 Å². The molecule has 0 unspecified atom stereocenters. The zero-order valence-corrected chi connectivity index (χ0v) is 16.7. The number of thiol groups is 1. The van der Waals surface area contributed by atoms with Crippen LogP contribution >= 0.6 is 12.8 Å². The molecule has 29 heavy (non-hydrogen) atoms. The molecule has 1 fully saturated rings. The first-order valence-corrected chi connectivity index (χ1v) is 9.84. The Labute approximate surface area is 174 Å². The van der Waals surface area contributed by atoms with Gasteiger partial charge < -0.3 is 10.5 Å². The van der Waals surface area contributed by atoms with Crippen LogP contribution in [-0.4, -0.2) is 34.4 Å². The van der Waals surface area contributed by atoms with Crippen molar-refractivity contribution >= 4 is 24.8 Å². The summed E-state index contributed by atoms with van der Waals surface area (Å²) in [4.78, 5) is 15.1. The maximum Gasteiger partial charge on any atom is 0.232 e. The number of hydrogen-bond acceptors (Lipinski definition) is 5. The van der Waals surface area contributed by atoms with Crippen LogP contribution in [0, 0.1) is 11.6 Å². The number of benzene rings is 1. The second-order valence-electron chi connectivity index (χ2n) is 6.95. The van der Waals surface area contributed by atoms with Crippen LogP contribution in [0.25, 0.3) is 17.2 Å². The molecule has 1 heterocycles. The number of amides is 1. The van der Waals surface area contributed by atoms with Gasteiger partial charge in [0.2, 0.25) is 11.8 Å². The lowest BCUT2D eigenvalue weighted by atomic mass is 10.0. The van der Waals surface area contributed by atoms with Gasteiger partial charge in [-0.1, -0.05) is 25.0 Å². The maximum atomic E-state index is 14.6. The van der Waals surface area contributed by atoms with E-state index in [0.717, 1.165) is 25.7 Å². The molecule has 1 saturated carbocycles. The van der Waals surface area contributed by atoms with E-state index in [1.807, 2.05) is 0 Å². The summed E-state index contributed by atoms with van der Waals surface area (Å²) >= 11 is 4.06. The van der Waals surface area contributed by atoms with Crippen LogP contribution in [0.4, 0.5) is 8.78 Å². The summed E-state index contributed by atoms with van der Waals surface area (Å²) in [7, 11) is 0. The van der Waals surface area contributed by atoms with Gasteiger partial charge in [-0.15, -0.1) is 0 Å². The number of nitrogens with two attached hydrogens (primary N) is 1. The molecular formula is C21H23F2N3O2S. The van der Waals surface area contributed by atoms with E-state index in [4.69, 9.17) is 10.5 Å². The molecular weight excluding hydrogens is 396 g/mol. The fraction of sp³-hybridized carbons (Fsp3) is 0.333. The zero-order chi connectivity index (χ0) is 20.8. The van der Waals surface area contributed by atoms with Crippen molar-refractivity contribution in [2.75, 3.05) is 13.1 Å². The molecule has 1 amide bonds. The Morgan fingerprint density at radius 2 is 2.00 bits per heavy atom. The number of primary amides is 1. The van der Waals surface area contributed by atoms with Crippen LogP contribution in [-0.2, 0) is 4.79 Å². The number of rotatable bonds is 8. The Kier molecular flexibility index (Phi) is 7.22. The molecule has 0 radical (unpaired) electrons. The molecule has 2 aromatic rings. The normalized spacial score (nSPS) is 14.8. The lowest BCUT2D eigenvalue weighted by molar-refractivity contribution is -0.118. The number of nitrogens with zero attached hydrogens (tertiary/aromatic N) is 2. The molecule has 2 N–H and O–H groups in total. The van der Waals surface area contributed by atoms with Crippen molar-refractivity contribution in [2.24, 2.45) is 5.73 Å². The number of hydrogen-bond donors (Lipinski definition) is 2. The first-order chi connectivity index (χ1) is 13.9. The average Bonchev–Trinajstić information content (AvgIpc) is 3.17. The van der Waals surface area contributed by atoms with E-state index in [9.17, 15) is 13.6 Å². The number of pyridine rings is 1. The van der Waals surface area contributed by atoms with E-state index in [1.54, 1.807) is 18.3 Å². The monoisotopic (exact) mass is 419 g/mol. The van der Waals surface area contributed by atoms with Crippen molar-refractivity contribution < 1.29 is 18.3 Å². The number of ether oxygens (including phenoxy) is 1. The fourth-order valence-electron chi connectivity index (χ4n) is 3.30. The van der Waals surface area contributed by atoms with E-state index < -0.39 is 17.5 Å². The molecule has 154 valence electrons. The molecule has 0 aliphatic heterocycles. The summed E-state index contributed by atoms with van der Waals surface area (Å²) in [6, 6.07) is 5.98. The number of carbonyl (C=O) groups is 1. The lowest BCUT2D eigenvalue weighted by Gasteiger charge is -2.15. The van der Waals surface area contributed by atoms with Crippen molar-refractivity contribution in [3.05, 3.63) is 53.7 Å². The summed E-state index contributed by atoms with van der Waals surface area (Å²) in [5.41, 5.74) is 5.82. The molecule has 5 nitrogen and oxygen atoms in total. The third-order valence-corrected chi connectivity index (χ3v) is 4.99. The maximum absolute atomic E-state index is 14.6. The minimum atomic E-state index is -0.701. The van der Waals surface area contributed by atoms with E-state index >= 15 is 0 Å². The van der Waals surface area contributed by atoms with Crippen LogP contribution in [0.1, 0.15) is 31.2 Å². The van der Waals surface area contributed by atoms with Crippen LogP contribution in [0.3, 0.4) is 0 Å². The Bertz CT molecular complexity index is 878. The largest absolute Gasteiger partial charge is 0.474 e. The van der Waals surface area contributed by atoms with E-state index in [0.29, 0.717) is 17.0 Å². The third kappa shape index (κ3) is 5.77.